The molecule has 8 aliphatic carbocycles. The first-order valence-corrected chi connectivity index (χ1v) is 34.3. The van der Waals surface area contributed by atoms with Crippen LogP contribution in [0.3, 0.4) is 0 Å². The largest absolute Gasteiger partial charge is 0.279 e. The molecule has 0 N–H and O–H groups in total. The van der Waals surface area contributed by atoms with Gasteiger partial charge < -0.3 is 0 Å². The fourth-order valence-corrected chi connectivity index (χ4v) is 19.7. The van der Waals surface area contributed by atoms with E-state index in [1.54, 1.807) is 19.9 Å². The summed E-state index contributed by atoms with van der Waals surface area (Å²) in [7, 11) is 0. The van der Waals surface area contributed by atoms with Crippen molar-refractivity contribution in [3.8, 4) is 33.4 Å². The van der Waals surface area contributed by atoms with Crippen LogP contribution in [-0.4, -0.2) is 0 Å². The van der Waals surface area contributed by atoms with E-state index in [2.05, 4.69) is 26.3 Å². The Labute approximate surface area is 521 Å². The Kier molecular flexibility index (Phi) is 17.7. The number of aryl methyl sites for hydroxylation is 2. The topological polar surface area (TPSA) is 0 Å². The molecule has 0 nitrogen and oxygen atoms in total. The van der Waals surface area contributed by atoms with Crippen LogP contribution in [0.5, 0.6) is 0 Å². The third-order valence-electron chi connectivity index (χ3n) is 24.4. The molecular weight excluding hydrogens is 1150 g/mol. The smallest absolute Gasteiger partial charge is 0.206 e. The van der Waals surface area contributed by atoms with Crippen molar-refractivity contribution in [1.82, 2.24) is 0 Å². The summed E-state index contributed by atoms with van der Waals surface area (Å²) < 4.78 is 202. The number of rotatable bonds is 17. The van der Waals surface area contributed by atoms with Crippen molar-refractivity contribution in [2.45, 2.75) is 218 Å². The predicted molar refractivity (Wildman–Crippen MR) is 336 cm³/mol. The molecule has 11 heteroatoms. The van der Waals surface area contributed by atoms with Crippen LogP contribution in [0, 0.1) is 88.5 Å². The number of alkyl halides is 8. The lowest BCUT2D eigenvalue weighted by Crippen LogP contribution is -2.31. The van der Waals surface area contributed by atoms with E-state index in [0.717, 1.165) is 18.4 Å². The molecule has 4 fully saturated rings. The summed E-state index contributed by atoms with van der Waals surface area (Å²) in [5.41, 5.74) is -2.62. The van der Waals surface area contributed by atoms with Crippen LogP contribution < -0.4 is 0 Å². The van der Waals surface area contributed by atoms with Gasteiger partial charge in [0.1, 0.15) is 5.82 Å². The zero-order valence-corrected chi connectivity index (χ0v) is 52.8. The fourth-order valence-electron chi connectivity index (χ4n) is 19.7. The Morgan fingerprint density at radius 3 is 1.19 bits per heavy atom. The molecule has 0 aliphatic heterocycles. The van der Waals surface area contributed by atoms with Crippen molar-refractivity contribution in [3.63, 3.8) is 0 Å². The molecule has 4 aromatic rings. The van der Waals surface area contributed by atoms with Gasteiger partial charge in [-0.25, -0.2) is 48.3 Å². The Morgan fingerprint density at radius 2 is 0.764 bits per heavy atom. The van der Waals surface area contributed by atoms with Gasteiger partial charge in [0, 0.05) is 45.9 Å². The molecule has 0 saturated heterocycles. The van der Waals surface area contributed by atoms with E-state index >= 15 is 48.3 Å². The second kappa shape index (κ2) is 24.5. The van der Waals surface area contributed by atoms with Crippen LogP contribution >= 0.6 is 0 Å². The van der Waals surface area contributed by atoms with Crippen LogP contribution in [0.4, 0.5) is 48.3 Å². The third-order valence-corrected chi connectivity index (χ3v) is 24.4. The number of hydrogen-bond acceptors (Lipinski definition) is 0. The van der Waals surface area contributed by atoms with E-state index in [4.69, 9.17) is 0 Å². The maximum atomic E-state index is 19.6. The van der Waals surface area contributed by atoms with E-state index in [1.165, 1.54) is 6.07 Å². The second-order valence-corrected chi connectivity index (χ2v) is 28.8. The summed E-state index contributed by atoms with van der Waals surface area (Å²) in [4.78, 5) is 0. The zero-order valence-electron chi connectivity index (χ0n) is 52.8. The van der Waals surface area contributed by atoms with Gasteiger partial charge in [-0.1, -0.05) is 77.0 Å². The van der Waals surface area contributed by atoms with Crippen molar-refractivity contribution in [2.75, 3.05) is 0 Å². The predicted octanol–water partition coefficient (Wildman–Crippen LogP) is 23.2. The lowest BCUT2D eigenvalue weighted by atomic mass is 9.73. The van der Waals surface area contributed by atoms with Crippen molar-refractivity contribution in [2.24, 2.45) is 71.0 Å². The first-order valence-electron chi connectivity index (χ1n) is 34.3. The molecule has 0 amide bonds. The molecule has 8 aliphatic rings. The maximum absolute atomic E-state index is 19.6. The van der Waals surface area contributed by atoms with Gasteiger partial charge in [0.15, 0.2) is 11.6 Å². The molecule has 12 rings (SSSR count). The molecule has 0 radical (unpaired) electrons. The van der Waals surface area contributed by atoms with Gasteiger partial charge in [-0.3, -0.25) is 0 Å². The summed E-state index contributed by atoms with van der Waals surface area (Å²) in [6.45, 7) is 23.1. The normalized spacial score (nSPS) is 30.6. The van der Waals surface area contributed by atoms with E-state index in [9.17, 15) is 0 Å². The van der Waals surface area contributed by atoms with Gasteiger partial charge in [-0.15, -0.1) is 26.3 Å². The minimum Gasteiger partial charge on any atom is -0.206 e. The average molecular weight is 1240 g/mol. The molecule has 0 bridgehead atoms. The van der Waals surface area contributed by atoms with Gasteiger partial charge >= 0.3 is 0 Å². The van der Waals surface area contributed by atoms with Crippen LogP contribution in [0.2, 0.25) is 0 Å². The Hall–Kier alpha value is -4.93. The molecule has 0 aromatic heterocycles. The van der Waals surface area contributed by atoms with Gasteiger partial charge in [0.2, 0.25) is 0 Å². The highest BCUT2D eigenvalue weighted by molar-refractivity contribution is 5.91. The molecule has 0 spiro atoms. The Morgan fingerprint density at radius 1 is 0.382 bits per heavy atom. The molecule has 89 heavy (non-hydrogen) atoms. The molecule has 4 atom stereocenters. The molecular formula is C78H91F11. The fraction of sp³-hybridized carbons (Fsp3) is 0.590. The summed E-state index contributed by atoms with van der Waals surface area (Å²) in [6.07, 6.45) is 15.8. The van der Waals surface area contributed by atoms with E-state index in [-0.39, 0.29) is 148 Å². The highest BCUT2D eigenvalue weighted by Gasteiger charge is 2.61. The average Bonchev–Trinajstić information content (AvgIpc) is 1.56. The number of hydrogen-bond donors (Lipinski definition) is 0. The SMILES string of the molecule is C=CC1CCC(C2Cc3cc(CC)cc(-c4c(CC)c(F)c(-c5c(CCC)cc(-c6c(CCC)c(F)c(F)c7c6CC(C6CCC(C=C)CC6)C7(F)F)c6c5CC(C5CCC(C=C)CC5)C6(F)F)c5c4CC(C4CCC(C=C)CC4)C5(F)F)c3C2(F)F)CC1. The minimum atomic E-state index is -3.86. The zero-order chi connectivity index (χ0) is 63.4. The highest BCUT2D eigenvalue weighted by Crippen LogP contribution is 2.66. The quantitative estimate of drug-likeness (QED) is 0.0730. The summed E-state index contributed by atoms with van der Waals surface area (Å²) in [5, 5.41) is 0. The molecule has 480 valence electrons. The first kappa shape index (κ1) is 64.2. The minimum absolute atomic E-state index is 0.0323. The number of halogens is 11. The Bertz CT molecular complexity index is 3400. The summed E-state index contributed by atoms with van der Waals surface area (Å²) >= 11 is 0. The van der Waals surface area contributed by atoms with Crippen LogP contribution in [0.25, 0.3) is 33.4 Å². The Balaban J connectivity index is 1.15. The van der Waals surface area contributed by atoms with Crippen molar-refractivity contribution >= 4 is 0 Å². The van der Waals surface area contributed by atoms with E-state index in [0.29, 0.717) is 108 Å². The van der Waals surface area contributed by atoms with Crippen LogP contribution in [-0.2, 0) is 75.1 Å². The van der Waals surface area contributed by atoms with Crippen molar-refractivity contribution in [1.29, 1.82) is 0 Å². The second-order valence-electron chi connectivity index (χ2n) is 28.8. The van der Waals surface area contributed by atoms with Crippen LogP contribution in [0.15, 0.2) is 68.8 Å². The third kappa shape index (κ3) is 10.4. The van der Waals surface area contributed by atoms with E-state index < -0.39 is 105 Å². The van der Waals surface area contributed by atoms with Gasteiger partial charge in [-0.05, 0) is 280 Å². The number of fused-ring (bicyclic) bond motifs is 4. The molecule has 4 unspecified atom stereocenters. The lowest BCUT2D eigenvalue weighted by molar-refractivity contribution is -0.0835. The first-order chi connectivity index (χ1) is 42.5. The number of allylic oxidation sites excluding steroid dienone is 4. The summed E-state index contributed by atoms with van der Waals surface area (Å²) in [5.74, 6) is -26.0. The van der Waals surface area contributed by atoms with Gasteiger partial charge in [0.25, 0.3) is 23.7 Å². The number of benzene rings is 4. The van der Waals surface area contributed by atoms with Gasteiger partial charge in [0.05, 0.1) is 5.56 Å². The standard InChI is InChI=1S/C78H91F11/c1-9-17-51-37-56(66-54(18-10-2)73(80)74(81)71-59(66)41-63(78(71,88)89)50-33-25-45(14-6)26-34-50)69-57(39-61(76(69,84)85)48-29-21-43(12-4)22-30-48)64(51)67-70-58(40-62(77(70,86)87)49-31-23-44(13-5)24-32-49)65(53(16-8)72(67)79)55-36-46(15-7)35-52-38-60(75(82,83)68(52)55)47-27-19-42(11-3)20-28-47/h11-14,35-37,42-45,47-50,60-63H,3-6,9-10,15-34,38-41H2,1-2,7-8H3. The molecule has 4 saturated carbocycles. The summed E-state index contributed by atoms with van der Waals surface area (Å²) in [6, 6.07) is 4.93. The molecule has 0 heterocycles. The van der Waals surface area contributed by atoms with Crippen LogP contribution in [0.1, 0.15) is 210 Å². The maximum Gasteiger partial charge on any atom is 0.279 e. The highest BCUT2D eigenvalue weighted by atomic mass is 19.3. The molecule has 4 aromatic carbocycles. The van der Waals surface area contributed by atoms with E-state index in [1.807, 2.05) is 44.2 Å². The monoisotopic (exact) mass is 1240 g/mol. The lowest BCUT2D eigenvalue weighted by Gasteiger charge is -2.34. The van der Waals surface area contributed by atoms with Crippen molar-refractivity contribution in [3.05, 3.63) is 153 Å². The van der Waals surface area contributed by atoms with Gasteiger partial charge in [-0.2, -0.15) is 0 Å². The van der Waals surface area contributed by atoms with Crippen molar-refractivity contribution < 1.29 is 48.3 Å².